The predicted molar refractivity (Wildman–Crippen MR) is 116 cm³/mol. The second-order valence-electron chi connectivity index (χ2n) is 6.96. The van der Waals surface area contributed by atoms with Crippen molar-refractivity contribution in [2.24, 2.45) is 0 Å². The van der Waals surface area contributed by atoms with Crippen LogP contribution in [0.2, 0.25) is 0 Å². The highest BCUT2D eigenvalue weighted by atomic mass is 16.5. The number of nitrogens with one attached hydrogen (secondary N) is 2. The molecule has 0 bridgehead atoms. The minimum Gasteiger partial charge on any atom is -0.497 e. The van der Waals surface area contributed by atoms with Gasteiger partial charge in [-0.25, -0.2) is 0 Å². The maximum absolute atomic E-state index is 12.0. The highest BCUT2D eigenvalue weighted by Crippen LogP contribution is 2.27. The first-order chi connectivity index (χ1) is 14.3. The van der Waals surface area contributed by atoms with Gasteiger partial charge in [0, 0.05) is 11.6 Å². The van der Waals surface area contributed by atoms with Crippen LogP contribution in [0.5, 0.6) is 17.2 Å². The molecule has 2 rings (SSSR count). The number of hydrazine groups is 1. The van der Waals surface area contributed by atoms with E-state index < -0.39 is 11.8 Å². The minimum atomic E-state index is -0.494. The zero-order valence-corrected chi connectivity index (χ0v) is 17.9. The van der Waals surface area contributed by atoms with Gasteiger partial charge in [-0.05, 0) is 54.3 Å². The zero-order valence-electron chi connectivity index (χ0n) is 17.9. The van der Waals surface area contributed by atoms with Gasteiger partial charge < -0.3 is 14.2 Å². The van der Waals surface area contributed by atoms with Gasteiger partial charge in [-0.2, -0.15) is 0 Å². The van der Waals surface area contributed by atoms with Crippen molar-refractivity contribution in [3.05, 3.63) is 59.2 Å². The van der Waals surface area contributed by atoms with Crippen molar-refractivity contribution in [1.29, 1.82) is 0 Å². The monoisotopic (exact) mass is 412 g/mol. The van der Waals surface area contributed by atoms with Crippen LogP contribution in [0.4, 0.5) is 0 Å². The van der Waals surface area contributed by atoms with Crippen molar-refractivity contribution in [3.63, 3.8) is 0 Å². The molecular weight excluding hydrogens is 384 g/mol. The van der Waals surface area contributed by atoms with Crippen LogP contribution in [0.3, 0.4) is 0 Å². The van der Waals surface area contributed by atoms with Crippen molar-refractivity contribution >= 4 is 17.9 Å². The van der Waals surface area contributed by atoms with Crippen molar-refractivity contribution in [2.45, 2.75) is 26.7 Å². The van der Waals surface area contributed by atoms with E-state index in [-0.39, 0.29) is 12.5 Å². The van der Waals surface area contributed by atoms with Gasteiger partial charge in [0.1, 0.15) is 17.2 Å². The van der Waals surface area contributed by atoms with E-state index in [9.17, 15) is 9.59 Å². The Bertz CT molecular complexity index is 922. The third-order valence-corrected chi connectivity index (χ3v) is 4.33. The molecule has 0 aliphatic rings. The second kappa shape index (κ2) is 10.9. The topological polar surface area (TPSA) is 85.9 Å². The lowest BCUT2D eigenvalue weighted by Gasteiger charge is -2.14. The van der Waals surface area contributed by atoms with Crippen molar-refractivity contribution < 1.29 is 23.8 Å². The first-order valence-corrected chi connectivity index (χ1v) is 9.56. The van der Waals surface area contributed by atoms with E-state index in [0.29, 0.717) is 22.8 Å². The quantitative estimate of drug-likeness (QED) is 0.513. The summed E-state index contributed by atoms with van der Waals surface area (Å²) in [6, 6.07) is 11.1. The van der Waals surface area contributed by atoms with Crippen LogP contribution in [0.1, 0.15) is 36.5 Å². The molecule has 0 unspecified atom stereocenters. The Kier molecular flexibility index (Phi) is 8.29. The first-order valence-electron chi connectivity index (χ1n) is 9.56. The highest BCUT2D eigenvalue weighted by Gasteiger charge is 2.11. The largest absolute Gasteiger partial charge is 0.497 e. The van der Waals surface area contributed by atoms with Gasteiger partial charge in [0.15, 0.2) is 6.61 Å². The SMILES string of the molecule is COc1ccc(OC)c(/C=C/C(=O)NNC(=O)COc2cc(C)ccc2C(C)C)c1. The molecule has 0 spiro atoms. The summed E-state index contributed by atoms with van der Waals surface area (Å²) in [5.74, 6) is 1.20. The van der Waals surface area contributed by atoms with Gasteiger partial charge in [-0.1, -0.05) is 26.0 Å². The number of carbonyl (C=O) groups excluding carboxylic acids is 2. The van der Waals surface area contributed by atoms with Gasteiger partial charge in [-0.3, -0.25) is 20.4 Å². The summed E-state index contributed by atoms with van der Waals surface area (Å²) in [5, 5.41) is 0. The molecule has 160 valence electrons. The number of aryl methyl sites for hydroxylation is 1. The van der Waals surface area contributed by atoms with E-state index in [1.165, 1.54) is 6.08 Å². The summed E-state index contributed by atoms with van der Waals surface area (Å²) >= 11 is 0. The number of rotatable bonds is 8. The fourth-order valence-corrected chi connectivity index (χ4v) is 2.73. The van der Waals surface area contributed by atoms with Crippen LogP contribution in [-0.4, -0.2) is 32.6 Å². The third kappa shape index (κ3) is 6.55. The summed E-state index contributed by atoms with van der Waals surface area (Å²) in [5.41, 5.74) is 7.39. The van der Waals surface area contributed by atoms with E-state index in [4.69, 9.17) is 14.2 Å². The fraction of sp³-hybridized carbons (Fsp3) is 0.304. The number of ether oxygens (including phenoxy) is 3. The summed E-state index contributed by atoms with van der Waals surface area (Å²) in [4.78, 5) is 24.0. The lowest BCUT2D eigenvalue weighted by molar-refractivity contribution is -0.128. The molecule has 0 saturated carbocycles. The normalized spacial score (nSPS) is 10.7. The smallest absolute Gasteiger partial charge is 0.276 e. The molecule has 0 fully saturated rings. The molecule has 7 nitrogen and oxygen atoms in total. The molecule has 2 N–H and O–H groups in total. The van der Waals surface area contributed by atoms with Gasteiger partial charge in [0.2, 0.25) is 0 Å². The highest BCUT2D eigenvalue weighted by molar-refractivity contribution is 5.93. The molecule has 0 aromatic heterocycles. The van der Waals surface area contributed by atoms with E-state index >= 15 is 0 Å². The van der Waals surface area contributed by atoms with Crippen LogP contribution in [0, 0.1) is 6.92 Å². The van der Waals surface area contributed by atoms with Gasteiger partial charge in [0.25, 0.3) is 11.8 Å². The van der Waals surface area contributed by atoms with Gasteiger partial charge in [-0.15, -0.1) is 0 Å². The summed E-state index contributed by atoms with van der Waals surface area (Å²) < 4.78 is 16.1. The average molecular weight is 412 g/mol. The summed E-state index contributed by atoms with van der Waals surface area (Å²) in [6.45, 7) is 5.86. The Hall–Kier alpha value is -3.48. The number of benzene rings is 2. The Balaban J connectivity index is 1.89. The standard InChI is InChI=1S/C23H28N2O5/c1-15(2)19-9-6-16(3)12-21(19)30-14-23(27)25-24-22(26)11-7-17-13-18(28-4)8-10-20(17)29-5/h6-13,15H,14H2,1-5H3,(H,24,26)(H,25,27)/b11-7+. The minimum absolute atomic E-state index is 0.211. The molecule has 0 radical (unpaired) electrons. The Morgan fingerprint density at radius 3 is 2.43 bits per heavy atom. The molecule has 0 saturated heterocycles. The van der Waals surface area contributed by atoms with E-state index in [2.05, 4.69) is 24.7 Å². The number of methoxy groups -OCH3 is 2. The molecule has 0 heterocycles. The second-order valence-corrected chi connectivity index (χ2v) is 6.96. The van der Waals surface area contributed by atoms with Gasteiger partial charge >= 0.3 is 0 Å². The molecule has 2 aromatic rings. The summed E-state index contributed by atoms with van der Waals surface area (Å²) in [7, 11) is 3.10. The molecular formula is C23H28N2O5. The van der Waals surface area contributed by atoms with Crippen molar-refractivity contribution in [3.8, 4) is 17.2 Å². The maximum atomic E-state index is 12.0. The van der Waals surface area contributed by atoms with E-state index in [1.54, 1.807) is 38.5 Å². The van der Waals surface area contributed by atoms with E-state index in [1.807, 2.05) is 25.1 Å². The molecule has 2 aromatic carbocycles. The molecule has 0 aliphatic carbocycles. The number of hydrogen-bond donors (Lipinski definition) is 2. The number of amides is 2. The fourth-order valence-electron chi connectivity index (χ4n) is 2.73. The third-order valence-electron chi connectivity index (χ3n) is 4.33. The molecule has 0 aliphatic heterocycles. The lowest BCUT2D eigenvalue weighted by Crippen LogP contribution is -2.43. The Morgan fingerprint density at radius 1 is 1.00 bits per heavy atom. The van der Waals surface area contributed by atoms with Crippen LogP contribution in [0.15, 0.2) is 42.5 Å². The van der Waals surface area contributed by atoms with Gasteiger partial charge in [0.05, 0.1) is 14.2 Å². The summed E-state index contributed by atoms with van der Waals surface area (Å²) in [6.07, 6.45) is 2.86. The average Bonchev–Trinajstić information content (AvgIpc) is 2.74. The molecule has 30 heavy (non-hydrogen) atoms. The van der Waals surface area contributed by atoms with Crippen LogP contribution in [0.25, 0.3) is 6.08 Å². The van der Waals surface area contributed by atoms with Crippen LogP contribution < -0.4 is 25.1 Å². The first kappa shape index (κ1) is 22.8. The number of hydrogen-bond acceptors (Lipinski definition) is 5. The Labute approximate surface area is 177 Å². The number of carbonyl (C=O) groups is 2. The maximum Gasteiger partial charge on any atom is 0.276 e. The molecule has 7 heteroatoms. The zero-order chi connectivity index (χ0) is 22.1. The van der Waals surface area contributed by atoms with E-state index in [0.717, 1.165) is 11.1 Å². The van der Waals surface area contributed by atoms with Crippen LogP contribution in [-0.2, 0) is 9.59 Å². The van der Waals surface area contributed by atoms with Crippen molar-refractivity contribution in [1.82, 2.24) is 10.9 Å². The van der Waals surface area contributed by atoms with Crippen LogP contribution >= 0.6 is 0 Å². The Morgan fingerprint density at radius 2 is 1.77 bits per heavy atom. The molecule has 0 atom stereocenters. The lowest BCUT2D eigenvalue weighted by atomic mass is 10.0. The predicted octanol–water partition coefficient (Wildman–Crippen LogP) is 3.38. The molecule has 2 amide bonds. The van der Waals surface area contributed by atoms with Crippen molar-refractivity contribution in [2.75, 3.05) is 20.8 Å².